The molecule has 1 fully saturated rings. The van der Waals surface area contributed by atoms with Crippen LogP contribution in [0.5, 0.6) is 0 Å². The summed E-state index contributed by atoms with van der Waals surface area (Å²) in [7, 11) is 0. The van der Waals surface area contributed by atoms with Gasteiger partial charge in [0.05, 0.1) is 10.5 Å². The normalized spacial score (nSPS) is 18.6. The fourth-order valence-corrected chi connectivity index (χ4v) is 6.41. The molecule has 7 nitrogen and oxygen atoms in total. The minimum Gasteiger partial charge on any atom is -0.361 e. The number of piperazine rings is 1. The summed E-state index contributed by atoms with van der Waals surface area (Å²) < 4.78 is 42.6. The molecule has 1 unspecified atom stereocenters. The molecule has 2 aliphatic heterocycles. The van der Waals surface area contributed by atoms with E-state index in [2.05, 4.69) is 4.98 Å². The first-order valence-corrected chi connectivity index (χ1v) is 12.9. The highest BCUT2D eigenvalue weighted by molar-refractivity contribution is 7.99. The van der Waals surface area contributed by atoms with Crippen molar-refractivity contribution in [2.75, 3.05) is 30.3 Å². The Hall–Kier alpha value is -3.02. The lowest BCUT2D eigenvalue weighted by Gasteiger charge is -2.41. The highest BCUT2D eigenvalue weighted by atomic mass is 35.5. The lowest BCUT2D eigenvalue weighted by molar-refractivity contribution is -0.126. The van der Waals surface area contributed by atoms with Crippen LogP contribution in [0.25, 0.3) is 22.0 Å². The van der Waals surface area contributed by atoms with E-state index in [0.717, 1.165) is 24.3 Å². The molecule has 0 radical (unpaired) electrons. The average Bonchev–Trinajstić information content (AvgIpc) is 2.85. The zero-order valence-electron chi connectivity index (χ0n) is 19.6. The van der Waals surface area contributed by atoms with Gasteiger partial charge < -0.3 is 14.9 Å². The lowest BCUT2D eigenvalue weighted by atomic mass is 10.0. The van der Waals surface area contributed by atoms with Gasteiger partial charge in [0.2, 0.25) is 12.3 Å². The highest BCUT2D eigenvalue weighted by Crippen LogP contribution is 2.46. The SMILES string of the molecule is C[C@H]1CN(C(=O)/C=C/C(O)F)CCN1c1nc(=O)n2c3c(c(-c4ccc(F)cc4F)c(Cl)cc13)SCC2. The van der Waals surface area contributed by atoms with E-state index >= 15 is 0 Å². The summed E-state index contributed by atoms with van der Waals surface area (Å²) in [4.78, 5) is 33.9. The number of nitrogens with zero attached hydrogens (tertiary/aromatic N) is 4. The van der Waals surface area contributed by atoms with Crippen molar-refractivity contribution in [1.29, 1.82) is 0 Å². The number of aromatic nitrogens is 2. The molecule has 12 heteroatoms. The first-order valence-electron chi connectivity index (χ1n) is 11.6. The van der Waals surface area contributed by atoms with Crippen LogP contribution in [0.15, 0.2) is 46.1 Å². The van der Waals surface area contributed by atoms with Gasteiger partial charge in [0.25, 0.3) is 0 Å². The van der Waals surface area contributed by atoms with E-state index in [9.17, 15) is 22.8 Å². The van der Waals surface area contributed by atoms with Crippen LogP contribution in [-0.2, 0) is 11.3 Å². The van der Waals surface area contributed by atoms with Gasteiger partial charge in [-0.3, -0.25) is 9.36 Å². The minimum absolute atomic E-state index is 0.141. The summed E-state index contributed by atoms with van der Waals surface area (Å²) in [6.45, 7) is 3.21. The maximum Gasteiger partial charge on any atom is 0.350 e. The molecule has 37 heavy (non-hydrogen) atoms. The molecule has 5 rings (SSSR count). The number of thioether (sulfide) groups is 1. The molecule has 1 N–H and O–H groups in total. The number of hydrogen-bond acceptors (Lipinski definition) is 6. The van der Waals surface area contributed by atoms with Gasteiger partial charge in [-0.25, -0.2) is 18.0 Å². The minimum atomic E-state index is -2.21. The van der Waals surface area contributed by atoms with Gasteiger partial charge in [-0.2, -0.15) is 4.98 Å². The Morgan fingerprint density at radius 3 is 2.76 bits per heavy atom. The van der Waals surface area contributed by atoms with E-state index in [-0.39, 0.29) is 29.7 Å². The molecule has 3 heterocycles. The van der Waals surface area contributed by atoms with Crippen LogP contribution in [0.4, 0.5) is 19.0 Å². The van der Waals surface area contributed by atoms with Crippen LogP contribution in [-0.4, -0.2) is 63.3 Å². The number of alkyl halides is 1. The summed E-state index contributed by atoms with van der Waals surface area (Å²) in [6, 6.07) is 4.70. The van der Waals surface area contributed by atoms with Crippen molar-refractivity contribution in [3.63, 3.8) is 0 Å². The number of rotatable bonds is 4. The zero-order chi connectivity index (χ0) is 26.4. The number of carbonyl (C=O) groups is 1. The highest BCUT2D eigenvalue weighted by Gasteiger charge is 2.31. The molecule has 2 aromatic carbocycles. The van der Waals surface area contributed by atoms with Crippen molar-refractivity contribution in [2.24, 2.45) is 0 Å². The van der Waals surface area contributed by atoms with Crippen molar-refractivity contribution in [3.05, 3.63) is 63.6 Å². The smallest absolute Gasteiger partial charge is 0.350 e. The predicted octanol–water partition coefficient (Wildman–Crippen LogP) is 3.98. The molecule has 194 valence electrons. The second kappa shape index (κ2) is 10.0. The monoisotopic (exact) mass is 550 g/mol. The van der Waals surface area contributed by atoms with E-state index in [0.29, 0.717) is 46.0 Å². The van der Waals surface area contributed by atoms with Crippen molar-refractivity contribution in [3.8, 4) is 11.1 Å². The number of benzene rings is 2. The summed E-state index contributed by atoms with van der Waals surface area (Å²) in [5.74, 6) is -0.931. The quantitative estimate of drug-likeness (QED) is 0.495. The fraction of sp³-hybridized carbons (Fsp3) is 0.320. The Kier molecular flexibility index (Phi) is 6.95. The topological polar surface area (TPSA) is 78.7 Å². The molecule has 0 saturated carbocycles. The molecule has 3 aromatic rings. The van der Waals surface area contributed by atoms with Crippen molar-refractivity contribution < 1.29 is 23.1 Å². The van der Waals surface area contributed by atoms with Crippen molar-refractivity contribution in [1.82, 2.24) is 14.5 Å². The summed E-state index contributed by atoms with van der Waals surface area (Å²) >= 11 is 8.15. The van der Waals surface area contributed by atoms with E-state index in [1.54, 1.807) is 10.6 Å². The van der Waals surface area contributed by atoms with Gasteiger partial charge in [0.1, 0.15) is 17.5 Å². The fourth-order valence-electron chi connectivity index (χ4n) is 4.85. The van der Waals surface area contributed by atoms with Gasteiger partial charge in [0, 0.05) is 71.5 Å². The third kappa shape index (κ3) is 4.71. The van der Waals surface area contributed by atoms with E-state index in [1.807, 2.05) is 11.8 Å². The Balaban J connectivity index is 1.60. The number of aliphatic hydroxyl groups is 1. The molecule has 1 amide bonds. The second-order valence-corrected chi connectivity index (χ2v) is 10.4. The zero-order valence-corrected chi connectivity index (χ0v) is 21.2. The van der Waals surface area contributed by atoms with E-state index < -0.39 is 29.6 Å². The van der Waals surface area contributed by atoms with Gasteiger partial charge in [-0.05, 0) is 31.2 Å². The molecule has 0 bridgehead atoms. The average molecular weight is 551 g/mol. The van der Waals surface area contributed by atoms with Crippen molar-refractivity contribution >= 4 is 46.0 Å². The molecule has 1 saturated heterocycles. The number of amides is 1. The lowest BCUT2D eigenvalue weighted by Crippen LogP contribution is -2.54. The van der Waals surface area contributed by atoms with Gasteiger partial charge >= 0.3 is 5.69 Å². The third-order valence-electron chi connectivity index (χ3n) is 6.52. The van der Waals surface area contributed by atoms with Gasteiger partial charge in [0.15, 0.2) is 0 Å². The first-order chi connectivity index (χ1) is 17.7. The maximum atomic E-state index is 14.8. The Morgan fingerprint density at radius 2 is 2.05 bits per heavy atom. The standard InChI is InChI=1S/C25H22ClF3N4O3S/c1-13-12-31(20(35)5-4-19(29)34)6-7-32(13)24-16-11-17(26)21(15-3-2-14(27)10-18(15)28)23-22(16)33(8-9-37-23)25(36)30-24/h2-5,10-11,13,19,34H,6-9,12H2,1H3/b5-4+/t13-,19?/m0/s1. The maximum absolute atomic E-state index is 14.8. The van der Waals surface area contributed by atoms with Crippen molar-refractivity contribution in [2.45, 2.75) is 30.8 Å². The molecule has 0 spiro atoms. The van der Waals surface area contributed by atoms with Gasteiger partial charge in [-0.15, -0.1) is 11.8 Å². The van der Waals surface area contributed by atoms with Crippen LogP contribution in [0.1, 0.15) is 6.92 Å². The predicted molar refractivity (Wildman–Crippen MR) is 137 cm³/mol. The Bertz CT molecular complexity index is 1500. The largest absolute Gasteiger partial charge is 0.361 e. The number of halogens is 4. The molecular weight excluding hydrogens is 529 g/mol. The van der Waals surface area contributed by atoms with E-state index in [1.165, 1.54) is 22.7 Å². The van der Waals surface area contributed by atoms with Crippen LogP contribution in [0.3, 0.4) is 0 Å². The molecule has 2 atom stereocenters. The summed E-state index contributed by atoms with van der Waals surface area (Å²) in [5, 5.41) is 9.62. The number of carbonyl (C=O) groups excluding carboxylic acids is 1. The Morgan fingerprint density at radius 1 is 1.27 bits per heavy atom. The number of hydrogen-bond donors (Lipinski definition) is 1. The number of anilines is 1. The van der Waals surface area contributed by atoms with Crippen LogP contribution >= 0.6 is 23.4 Å². The van der Waals surface area contributed by atoms with E-state index in [4.69, 9.17) is 16.7 Å². The molecule has 2 aliphatic rings. The molecule has 0 aliphatic carbocycles. The van der Waals surface area contributed by atoms with Gasteiger partial charge in [-0.1, -0.05) is 11.6 Å². The Labute approximate surface area is 219 Å². The van der Waals surface area contributed by atoms with Crippen LogP contribution < -0.4 is 10.6 Å². The molecular formula is C25H22ClF3N4O3S. The summed E-state index contributed by atoms with van der Waals surface area (Å²) in [5.41, 5.74) is 0.663. The number of aryl methyl sites for hydroxylation is 1. The van der Waals surface area contributed by atoms with Crippen LogP contribution in [0, 0.1) is 11.6 Å². The molecule has 1 aromatic heterocycles. The third-order valence-corrected chi connectivity index (χ3v) is 7.89. The first kappa shape index (κ1) is 25.6. The summed E-state index contributed by atoms with van der Waals surface area (Å²) in [6.07, 6.45) is -0.448. The second-order valence-electron chi connectivity index (χ2n) is 8.86. The number of aliphatic hydroxyl groups excluding tert-OH is 1. The van der Waals surface area contributed by atoms with Crippen LogP contribution in [0.2, 0.25) is 5.02 Å².